The number of carbonyl (C=O) groups is 1. The lowest BCUT2D eigenvalue weighted by Gasteiger charge is -2.19. The van der Waals surface area contributed by atoms with Crippen molar-refractivity contribution in [1.29, 1.82) is 0 Å². The molecule has 1 heterocycles. The largest absolute Gasteiger partial charge is 0.550 e. The van der Waals surface area contributed by atoms with E-state index < -0.39 is 11.9 Å². The third-order valence-electron chi connectivity index (χ3n) is 3.95. The molecule has 0 radical (unpaired) electrons. The zero-order valence-corrected chi connectivity index (χ0v) is 13.3. The fraction of sp³-hybridized carbons (Fsp3) is 0.167. The Kier molecular flexibility index (Phi) is 4.26. The number of hydrogen-bond acceptors (Lipinski definition) is 3. The molecule has 1 aromatic heterocycles. The Morgan fingerprint density at radius 1 is 1.26 bits per heavy atom. The summed E-state index contributed by atoms with van der Waals surface area (Å²) in [6.45, 7) is 0. The van der Waals surface area contributed by atoms with E-state index in [4.69, 9.17) is 16.3 Å². The maximum atomic E-state index is 11.3. The second-order valence-electron chi connectivity index (χ2n) is 5.31. The first-order chi connectivity index (χ1) is 11.1. The highest BCUT2D eigenvalue weighted by molar-refractivity contribution is 6.31. The van der Waals surface area contributed by atoms with Crippen LogP contribution in [0.15, 0.2) is 48.7 Å². The lowest BCUT2D eigenvalue weighted by Crippen LogP contribution is -2.25. The van der Waals surface area contributed by atoms with E-state index in [1.54, 1.807) is 13.2 Å². The molecule has 0 saturated carbocycles. The van der Waals surface area contributed by atoms with Crippen LogP contribution < -0.4 is 9.84 Å². The molecule has 0 fully saturated rings. The van der Waals surface area contributed by atoms with Gasteiger partial charge in [-0.25, -0.2) is 0 Å². The van der Waals surface area contributed by atoms with Gasteiger partial charge < -0.3 is 19.6 Å². The summed E-state index contributed by atoms with van der Waals surface area (Å²) in [6.07, 6.45) is 1.68. The quantitative estimate of drug-likeness (QED) is 0.782. The predicted molar refractivity (Wildman–Crippen MR) is 87.8 cm³/mol. The molecule has 5 heteroatoms. The number of aromatic amines is 1. The van der Waals surface area contributed by atoms with Crippen molar-refractivity contribution in [2.75, 3.05) is 7.11 Å². The molecule has 118 valence electrons. The second kappa shape index (κ2) is 6.34. The van der Waals surface area contributed by atoms with Crippen LogP contribution in [-0.2, 0) is 4.79 Å². The van der Waals surface area contributed by atoms with E-state index >= 15 is 0 Å². The Balaban J connectivity index is 2.17. The van der Waals surface area contributed by atoms with Gasteiger partial charge in [-0.15, -0.1) is 0 Å². The Hall–Kier alpha value is -2.46. The Bertz CT molecular complexity index is 856. The third-order valence-corrected chi connectivity index (χ3v) is 4.29. The lowest BCUT2D eigenvalue weighted by molar-refractivity contribution is -0.305. The predicted octanol–water partition coefficient (Wildman–Crippen LogP) is 3.10. The summed E-state index contributed by atoms with van der Waals surface area (Å²) in [5.41, 5.74) is 2.54. The van der Waals surface area contributed by atoms with Crippen LogP contribution in [0.4, 0.5) is 0 Å². The number of H-pyrrole nitrogens is 1. The molecule has 0 aliphatic rings. The molecule has 2 aromatic carbocycles. The number of carboxylic acid groups (broad SMARTS) is 1. The number of carboxylic acids is 1. The molecule has 0 saturated heterocycles. The molecular formula is C18H15ClNO3-. The number of aliphatic carboxylic acids is 1. The molecule has 1 atom stereocenters. The van der Waals surface area contributed by atoms with Gasteiger partial charge in [0, 0.05) is 34.0 Å². The second-order valence-corrected chi connectivity index (χ2v) is 5.71. The molecular weight excluding hydrogens is 314 g/mol. The SMILES string of the molecule is COc1ccc2[nH]cc([C@@H](CC(=O)[O-])c3ccccc3Cl)c2c1. The first-order valence-corrected chi connectivity index (χ1v) is 7.57. The standard InChI is InChI=1S/C18H16ClNO3/c1-23-11-6-7-17-14(8-11)15(10-20-17)13(9-18(21)22)12-4-2-3-5-16(12)19/h2-8,10,13,20H,9H2,1H3,(H,21,22)/p-1/t13-/m0/s1. The molecule has 3 rings (SSSR count). The first-order valence-electron chi connectivity index (χ1n) is 7.19. The molecule has 0 amide bonds. The van der Waals surface area contributed by atoms with E-state index in [1.165, 1.54) is 0 Å². The minimum atomic E-state index is -1.12. The number of nitrogens with one attached hydrogen (secondary N) is 1. The third kappa shape index (κ3) is 3.03. The van der Waals surface area contributed by atoms with Gasteiger partial charge in [-0.1, -0.05) is 29.8 Å². The van der Waals surface area contributed by atoms with Crippen molar-refractivity contribution in [2.24, 2.45) is 0 Å². The molecule has 0 bridgehead atoms. The van der Waals surface area contributed by atoms with Crippen molar-refractivity contribution in [3.8, 4) is 5.75 Å². The maximum absolute atomic E-state index is 11.3. The van der Waals surface area contributed by atoms with Crippen LogP contribution in [0.3, 0.4) is 0 Å². The molecule has 4 nitrogen and oxygen atoms in total. The van der Waals surface area contributed by atoms with Crippen LogP contribution in [-0.4, -0.2) is 18.1 Å². The number of ether oxygens (including phenoxy) is 1. The number of hydrogen-bond donors (Lipinski definition) is 1. The van der Waals surface area contributed by atoms with Gasteiger partial charge >= 0.3 is 0 Å². The van der Waals surface area contributed by atoms with Crippen molar-refractivity contribution >= 4 is 28.5 Å². The monoisotopic (exact) mass is 328 g/mol. The van der Waals surface area contributed by atoms with Gasteiger partial charge in [0.15, 0.2) is 0 Å². The van der Waals surface area contributed by atoms with Gasteiger partial charge in [-0.05, 0) is 41.8 Å². The molecule has 0 aliphatic carbocycles. The smallest absolute Gasteiger partial charge is 0.119 e. The Morgan fingerprint density at radius 2 is 2.04 bits per heavy atom. The fourth-order valence-corrected chi connectivity index (χ4v) is 3.12. The number of aromatic nitrogens is 1. The molecule has 1 N–H and O–H groups in total. The molecule has 3 aromatic rings. The fourth-order valence-electron chi connectivity index (χ4n) is 2.85. The van der Waals surface area contributed by atoms with Crippen molar-refractivity contribution < 1.29 is 14.6 Å². The van der Waals surface area contributed by atoms with Crippen LogP contribution in [0.5, 0.6) is 5.75 Å². The van der Waals surface area contributed by atoms with Crippen LogP contribution in [0, 0.1) is 0 Å². The molecule has 0 aliphatic heterocycles. The first kappa shape index (κ1) is 15.4. The van der Waals surface area contributed by atoms with Crippen molar-refractivity contribution in [3.05, 3.63) is 64.8 Å². The Morgan fingerprint density at radius 3 is 2.74 bits per heavy atom. The number of fused-ring (bicyclic) bond motifs is 1. The van der Waals surface area contributed by atoms with E-state index in [2.05, 4.69) is 4.98 Å². The number of methoxy groups -OCH3 is 1. The van der Waals surface area contributed by atoms with E-state index in [1.807, 2.05) is 42.6 Å². The lowest BCUT2D eigenvalue weighted by atomic mass is 9.88. The zero-order chi connectivity index (χ0) is 16.4. The summed E-state index contributed by atoms with van der Waals surface area (Å²) < 4.78 is 5.27. The summed E-state index contributed by atoms with van der Waals surface area (Å²) >= 11 is 6.28. The van der Waals surface area contributed by atoms with E-state index in [0.717, 1.165) is 22.0 Å². The minimum Gasteiger partial charge on any atom is -0.550 e. The summed E-state index contributed by atoms with van der Waals surface area (Å²) in [4.78, 5) is 14.4. The number of benzene rings is 2. The highest BCUT2D eigenvalue weighted by Crippen LogP contribution is 2.37. The van der Waals surface area contributed by atoms with Gasteiger partial charge in [-0.2, -0.15) is 0 Å². The van der Waals surface area contributed by atoms with Gasteiger partial charge in [0.25, 0.3) is 0 Å². The van der Waals surface area contributed by atoms with Gasteiger partial charge in [-0.3, -0.25) is 0 Å². The summed E-state index contributed by atoms with van der Waals surface area (Å²) in [5, 5.41) is 12.7. The van der Waals surface area contributed by atoms with Crippen LogP contribution in [0.1, 0.15) is 23.5 Å². The Labute approximate surface area is 138 Å². The van der Waals surface area contributed by atoms with Crippen LogP contribution in [0.2, 0.25) is 5.02 Å². The van der Waals surface area contributed by atoms with Crippen LogP contribution in [0.25, 0.3) is 10.9 Å². The van der Waals surface area contributed by atoms with E-state index in [9.17, 15) is 9.90 Å². The van der Waals surface area contributed by atoms with E-state index in [-0.39, 0.29) is 6.42 Å². The van der Waals surface area contributed by atoms with Crippen molar-refractivity contribution in [1.82, 2.24) is 4.98 Å². The minimum absolute atomic E-state index is 0.145. The van der Waals surface area contributed by atoms with Crippen molar-refractivity contribution in [2.45, 2.75) is 12.3 Å². The topological polar surface area (TPSA) is 65.2 Å². The normalized spacial score (nSPS) is 12.3. The summed E-state index contributed by atoms with van der Waals surface area (Å²) in [5.74, 6) is -0.800. The van der Waals surface area contributed by atoms with Gasteiger partial charge in [0.2, 0.25) is 0 Å². The van der Waals surface area contributed by atoms with Crippen LogP contribution >= 0.6 is 11.6 Å². The molecule has 0 spiro atoms. The maximum Gasteiger partial charge on any atom is 0.119 e. The van der Waals surface area contributed by atoms with Crippen molar-refractivity contribution in [3.63, 3.8) is 0 Å². The summed E-state index contributed by atoms with van der Waals surface area (Å²) in [6, 6.07) is 12.9. The number of rotatable bonds is 5. The van der Waals surface area contributed by atoms with E-state index in [0.29, 0.717) is 10.8 Å². The highest BCUT2D eigenvalue weighted by Gasteiger charge is 2.21. The average molecular weight is 329 g/mol. The van der Waals surface area contributed by atoms with Gasteiger partial charge in [0.05, 0.1) is 7.11 Å². The molecule has 23 heavy (non-hydrogen) atoms. The zero-order valence-electron chi connectivity index (χ0n) is 12.5. The van der Waals surface area contributed by atoms with Gasteiger partial charge in [0.1, 0.15) is 5.75 Å². The number of carbonyl (C=O) groups excluding carboxylic acids is 1. The summed E-state index contributed by atoms with van der Waals surface area (Å²) in [7, 11) is 1.60. The highest BCUT2D eigenvalue weighted by atomic mass is 35.5. The number of halogens is 1. The molecule has 0 unspecified atom stereocenters. The average Bonchev–Trinajstić information content (AvgIpc) is 2.96.